The van der Waals surface area contributed by atoms with Crippen LogP contribution in [0.4, 0.5) is 0 Å². The van der Waals surface area contributed by atoms with Gasteiger partial charge in [-0.25, -0.2) is 0 Å². The second kappa shape index (κ2) is 4.60. The molecule has 0 fully saturated rings. The lowest BCUT2D eigenvalue weighted by Gasteiger charge is -2.35. The summed E-state index contributed by atoms with van der Waals surface area (Å²) in [6.07, 6.45) is 5.38. The maximum atomic E-state index is 5.81. The van der Waals surface area contributed by atoms with E-state index in [1.165, 1.54) is 5.56 Å². The van der Waals surface area contributed by atoms with Crippen LogP contribution in [0.3, 0.4) is 0 Å². The molecule has 0 unspecified atom stereocenters. The fraction of sp³-hybridized carbons (Fsp3) is 0.455. The molecule has 4 heteroatoms. The van der Waals surface area contributed by atoms with Gasteiger partial charge in [-0.3, -0.25) is 0 Å². The summed E-state index contributed by atoms with van der Waals surface area (Å²) in [6.45, 7) is 0.796. The first-order valence-electron chi connectivity index (χ1n) is 4.71. The predicted octanol–water partition coefficient (Wildman–Crippen LogP) is 3.81. The molecule has 2 rings (SSSR count). The first-order chi connectivity index (χ1) is 7.19. The second-order valence-electron chi connectivity index (χ2n) is 3.54. The van der Waals surface area contributed by atoms with Crippen molar-refractivity contribution in [2.75, 3.05) is 19.1 Å². The number of benzene rings is 1. The molecule has 1 nitrogen and oxygen atoms in total. The van der Waals surface area contributed by atoms with Crippen molar-refractivity contribution in [2.45, 2.75) is 10.5 Å². The summed E-state index contributed by atoms with van der Waals surface area (Å²) in [5.41, 5.74) is 1.30. The Balaban J connectivity index is 2.32. The van der Waals surface area contributed by atoms with Gasteiger partial charge < -0.3 is 4.74 Å². The van der Waals surface area contributed by atoms with E-state index in [1.807, 2.05) is 35.7 Å². The van der Waals surface area contributed by atoms with Gasteiger partial charge in [0.1, 0.15) is 12.4 Å². The molecule has 1 aromatic carbocycles. The number of thioether (sulfide) groups is 2. The fourth-order valence-corrected chi connectivity index (χ4v) is 3.73. The van der Waals surface area contributed by atoms with Gasteiger partial charge in [0.25, 0.3) is 0 Å². The Morgan fingerprint density at radius 3 is 2.73 bits per heavy atom. The zero-order chi connectivity index (χ0) is 10.9. The number of fused-ring (bicyclic) bond motifs is 1. The number of hydrogen-bond acceptors (Lipinski definition) is 3. The van der Waals surface area contributed by atoms with Crippen LogP contribution in [0, 0.1) is 0 Å². The SMILES string of the molecule is CSC1(SC)COc2ccc(Br)cc2C1. The van der Waals surface area contributed by atoms with Gasteiger partial charge in [0.15, 0.2) is 0 Å². The van der Waals surface area contributed by atoms with Crippen LogP contribution in [0.5, 0.6) is 5.75 Å². The Labute approximate surface area is 107 Å². The Morgan fingerprint density at radius 1 is 1.33 bits per heavy atom. The van der Waals surface area contributed by atoms with Crippen LogP contribution in [0.15, 0.2) is 22.7 Å². The van der Waals surface area contributed by atoms with E-state index in [4.69, 9.17) is 4.74 Å². The van der Waals surface area contributed by atoms with E-state index >= 15 is 0 Å². The Kier molecular flexibility index (Phi) is 3.58. The molecule has 0 spiro atoms. The third-order valence-corrected chi connectivity index (χ3v) is 6.18. The van der Waals surface area contributed by atoms with Crippen LogP contribution >= 0.6 is 39.5 Å². The molecule has 1 aliphatic heterocycles. The first-order valence-corrected chi connectivity index (χ1v) is 7.95. The highest BCUT2D eigenvalue weighted by molar-refractivity contribution is 9.10. The van der Waals surface area contributed by atoms with Gasteiger partial charge in [0.05, 0.1) is 4.08 Å². The second-order valence-corrected chi connectivity index (χ2v) is 7.09. The predicted molar refractivity (Wildman–Crippen MR) is 73.1 cm³/mol. The topological polar surface area (TPSA) is 9.23 Å². The zero-order valence-electron chi connectivity index (χ0n) is 8.75. The average Bonchev–Trinajstić information content (AvgIpc) is 2.28. The third kappa shape index (κ3) is 2.32. The molecule has 0 bridgehead atoms. The monoisotopic (exact) mass is 304 g/mol. The molecular weight excluding hydrogens is 292 g/mol. The highest BCUT2D eigenvalue weighted by atomic mass is 79.9. The number of rotatable bonds is 2. The van der Waals surface area contributed by atoms with Gasteiger partial charge in [-0.15, -0.1) is 23.5 Å². The van der Waals surface area contributed by atoms with Crippen molar-refractivity contribution in [3.05, 3.63) is 28.2 Å². The molecule has 0 aliphatic carbocycles. The summed E-state index contributed by atoms with van der Waals surface area (Å²) in [5.74, 6) is 1.04. The lowest BCUT2D eigenvalue weighted by atomic mass is 10.1. The lowest BCUT2D eigenvalue weighted by Crippen LogP contribution is -2.34. The van der Waals surface area contributed by atoms with Gasteiger partial charge in [-0.2, -0.15) is 0 Å². The number of halogens is 1. The summed E-state index contributed by atoms with van der Waals surface area (Å²) in [7, 11) is 0. The molecule has 0 amide bonds. The van der Waals surface area contributed by atoms with Crippen molar-refractivity contribution in [3.63, 3.8) is 0 Å². The molecule has 0 atom stereocenters. The maximum Gasteiger partial charge on any atom is 0.122 e. The maximum absolute atomic E-state index is 5.81. The van der Waals surface area contributed by atoms with Gasteiger partial charge in [-0.1, -0.05) is 15.9 Å². The summed E-state index contributed by atoms with van der Waals surface area (Å²) in [6, 6.07) is 6.24. The molecule has 82 valence electrons. The fourth-order valence-electron chi connectivity index (χ4n) is 1.70. The van der Waals surface area contributed by atoms with Gasteiger partial charge >= 0.3 is 0 Å². The van der Waals surface area contributed by atoms with Crippen LogP contribution in [0.25, 0.3) is 0 Å². The van der Waals surface area contributed by atoms with Crippen molar-refractivity contribution < 1.29 is 4.74 Å². The van der Waals surface area contributed by atoms with Crippen LogP contribution in [0.1, 0.15) is 5.56 Å². The molecule has 0 radical (unpaired) electrons. The third-order valence-electron chi connectivity index (χ3n) is 2.67. The minimum absolute atomic E-state index is 0.188. The van der Waals surface area contributed by atoms with Gasteiger partial charge in [-0.05, 0) is 36.3 Å². The average molecular weight is 305 g/mol. The molecule has 1 aromatic rings. The molecular formula is C11H13BrOS2. The Bertz CT molecular complexity index is 364. The van der Waals surface area contributed by atoms with E-state index in [1.54, 1.807) is 0 Å². The minimum atomic E-state index is 0.188. The van der Waals surface area contributed by atoms with Crippen molar-refractivity contribution in [2.24, 2.45) is 0 Å². The molecule has 1 aliphatic rings. The largest absolute Gasteiger partial charge is 0.491 e. The van der Waals surface area contributed by atoms with Crippen molar-refractivity contribution >= 4 is 39.5 Å². The standard InChI is InChI=1S/C11H13BrOS2/c1-14-11(15-2)6-8-5-9(12)3-4-10(8)13-7-11/h3-5H,6-7H2,1-2H3. The Hall–Kier alpha value is 0.200. The van der Waals surface area contributed by atoms with Crippen LogP contribution in [-0.2, 0) is 6.42 Å². The van der Waals surface area contributed by atoms with E-state index in [0.29, 0.717) is 0 Å². The van der Waals surface area contributed by atoms with Crippen molar-refractivity contribution in [1.82, 2.24) is 0 Å². The van der Waals surface area contributed by atoms with E-state index in [0.717, 1.165) is 23.2 Å². The normalized spacial score (nSPS) is 18.1. The highest BCUT2D eigenvalue weighted by Gasteiger charge is 2.34. The van der Waals surface area contributed by atoms with E-state index in [2.05, 4.69) is 34.5 Å². The number of ether oxygens (including phenoxy) is 1. The molecule has 15 heavy (non-hydrogen) atoms. The van der Waals surface area contributed by atoms with Crippen molar-refractivity contribution in [1.29, 1.82) is 0 Å². The smallest absolute Gasteiger partial charge is 0.122 e. The zero-order valence-corrected chi connectivity index (χ0v) is 12.0. The highest BCUT2D eigenvalue weighted by Crippen LogP contribution is 2.43. The van der Waals surface area contributed by atoms with Gasteiger partial charge in [0, 0.05) is 10.9 Å². The summed E-state index contributed by atoms with van der Waals surface area (Å²) >= 11 is 7.27. The summed E-state index contributed by atoms with van der Waals surface area (Å²) < 4.78 is 7.13. The van der Waals surface area contributed by atoms with Crippen molar-refractivity contribution in [3.8, 4) is 5.75 Å². The Morgan fingerprint density at radius 2 is 2.07 bits per heavy atom. The lowest BCUT2D eigenvalue weighted by molar-refractivity contribution is 0.283. The summed E-state index contributed by atoms with van der Waals surface area (Å²) in [5, 5.41) is 0. The number of hydrogen-bond donors (Lipinski definition) is 0. The van der Waals surface area contributed by atoms with Crippen LogP contribution in [0.2, 0.25) is 0 Å². The molecule has 0 saturated heterocycles. The first kappa shape index (κ1) is 11.7. The minimum Gasteiger partial charge on any atom is -0.491 e. The quantitative estimate of drug-likeness (QED) is 0.769. The van der Waals surface area contributed by atoms with Crippen LogP contribution in [-0.4, -0.2) is 23.2 Å². The molecule has 0 aromatic heterocycles. The summed E-state index contributed by atoms with van der Waals surface area (Å²) in [4.78, 5) is 0. The van der Waals surface area contributed by atoms with Gasteiger partial charge in [0.2, 0.25) is 0 Å². The van der Waals surface area contributed by atoms with E-state index < -0.39 is 0 Å². The molecule has 0 N–H and O–H groups in total. The molecule has 1 heterocycles. The molecule has 0 saturated carbocycles. The van der Waals surface area contributed by atoms with E-state index in [-0.39, 0.29) is 4.08 Å². The van der Waals surface area contributed by atoms with E-state index in [9.17, 15) is 0 Å². The van der Waals surface area contributed by atoms with Crippen LogP contribution < -0.4 is 4.74 Å².